The Hall–Kier alpha value is -0.0400. The maximum atomic E-state index is 8.59. The first-order valence-electron chi connectivity index (χ1n) is 3.04. The summed E-state index contributed by atoms with van der Waals surface area (Å²) in [6.45, 7) is 0.454. The molecule has 2 fully saturated rings. The molecule has 0 saturated heterocycles. The second kappa shape index (κ2) is 1.03. The standard InChI is InChI=1S/C6H10O/c7-3-6-4-1-2-5(4)6/h4-7H,1-3H2/t4-,5+,6?. The Morgan fingerprint density at radius 2 is 1.86 bits per heavy atom. The van der Waals surface area contributed by atoms with Gasteiger partial charge >= 0.3 is 0 Å². The maximum absolute atomic E-state index is 8.59. The van der Waals surface area contributed by atoms with Gasteiger partial charge in [0, 0.05) is 6.61 Å². The van der Waals surface area contributed by atoms with Crippen molar-refractivity contribution in [1.29, 1.82) is 0 Å². The predicted octanol–water partition coefficient (Wildman–Crippen LogP) is 0.635. The molecule has 1 N–H and O–H groups in total. The lowest BCUT2D eigenvalue weighted by atomic mass is 10.0. The van der Waals surface area contributed by atoms with E-state index < -0.39 is 0 Å². The molecule has 0 aromatic carbocycles. The van der Waals surface area contributed by atoms with Crippen molar-refractivity contribution in [3.8, 4) is 0 Å². The van der Waals surface area contributed by atoms with Crippen LogP contribution in [0, 0.1) is 17.8 Å². The van der Waals surface area contributed by atoms with Gasteiger partial charge in [-0.25, -0.2) is 0 Å². The highest BCUT2D eigenvalue weighted by molar-refractivity contribution is 5.04. The Kier molecular flexibility index (Phi) is 0.571. The second-order valence-corrected chi connectivity index (χ2v) is 2.75. The van der Waals surface area contributed by atoms with Crippen LogP contribution in [0.2, 0.25) is 0 Å². The van der Waals surface area contributed by atoms with E-state index in [2.05, 4.69) is 0 Å². The van der Waals surface area contributed by atoms with E-state index in [0.29, 0.717) is 6.61 Å². The molecule has 7 heavy (non-hydrogen) atoms. The number of rotatable bonds is 1. The van der Waals surface area contributed by atoms with Gasteiger partial charge in [0.05, 0.1) is 0 Å². The Balaban J connectivity index is 1.95. The molecule has 0 aliphatic heterocycles. The molecule has 0 bridgehead atoms. The van der Waals surface area contributed by atoms with Crippen LogP contribution in [0.15, 0.2) is 0 Å². The lowest BCUT2D eigenvalue weighted by Gasteiger charge is -2.04. The van der Waals surface area contributed by atoms with Crippen LogP contribution < -0.4 is 0 Å². The van der Waals surface area contributed by atoms with Crippen LogP contribution in [0.4, 0.5) is 0 Å². The van der Waals surface area contributed by atoms with E-state index in [0.717, 1.165) is 17.8 Å². The minimum absolute atomic E-state index is 0.454. The van der Waals surface area contributed by atoms with E-state index >= 15 is 0 Å². The topological polar surface area (TPSA) is 20.2 Å². The van der Waals surface area contributed by atoms with Gasteiger partial charge < -0.3 is 5.11 Å². The summed E-state index contributed by atoms with van der Waals surface area (Å²) in [5.41, 5.74) is 0. The Bertz CT molecular complexity index is 80.2. The summed E-state index contributed by atoms with van der Waals surface area (Å²) in [5, 5.41) is 8.59. The summed E-state index contributed by atoms with van der Waals surface area (Å²) < 4.78 is 0. The third kappa shape index (κ3) is 0.325. The lowest BCUT2D eigenvalue weighted by molar-refractivity contribution is 0.269. The average molecular weight is 98.1 g/mol. The van der Waals surface area contributed by atoms with Gasteiger partial charge in [-0.3, -0.25) is 0 Å². The summed E-state index contributed by atoms with van der Waals surface area (Å²) in [7, 11) is 0. The second-order valence-electron chi connectivity index (χ2n) is 2.75. The molecule has 2 saturated carbocycles. The molecule has 0 spiro atoms. The van der Waals surface area contributed by atoms with E-state index in [1.54, 1.807) is 0 Å². The highest BCUT2D eigenvalue weighted by atomic mass is 16.3. The molecular formula is C6H10O. The van der Waals surface area contributed by atoms with Crippen molar-refractivity contribution in [2.45, 2.75) is 12.8 Å². The van der Waals surface area contributed by atoms with Crippen molar-refractivity contribution in [2.75, 3.05) is 6.61 Å². The molecule has 2 rings (SSSR count). The van der Waals surface area contributed by atoms with Crippen LogP contribution in [-0.2, 0) is 0 Å². The van der Waals surface area contributed by atoms with E-state index in [1.807, 2.05) is 0 Å². The van der Waals surface area contributed by atoms with Crippen LogP contribution in [0.1, 0.15) is 12.8 Å². The van der Waals surface area contributed by atoms with Crippen molar-refractivity contribution >= 4 is 0 Å². The first kappa shape index (κ1) is 3.90. The fourth-order valence-electron chi connectivity index (χ4n) is 1.77. The normalized spacial score (nSPS) is 55.3. The van der Waals surface area contributed by atoms with Gasteiger partial charge in [0.2, 0.25) is 0 Å². The number of fused-ring (bicyclic) bond motifs is 1. The minimum atomic E-state index is 0.454. The quantitative estimate of drug-likeness (QED) is 0.510. The van der Waals surface area contributed by atoms with Gasteiger partial charge in [-0.15, -0.1) is 0 Å². The Labute approximate surface area is 43.3 Å². The van der Waals surface area contributed by atoms with E-state index in [4.69, 9.17) is 5.11 Å². The van der Waals surface area contributed by atoms with Gasteiger partial charge in [-0.05, 0) is 30.6 Å². The van der Waals surface area contributed by atoms with Crippen molar-refractivity contribution < 1.29 is 5.11 Å². The fraction of sp³-hybridized carbons (Fsp3) is 1.00. The van der Waals surface area contributed by atoms with Gasteiger partial charge in [-0.2, -0.15) is 0 Å². The smallest absolute Gasteiger partial charge is 0.0464 e. The molecule has 0 aromatic heterocycles. The van der Waals surface area contributed by atoms with Gasteiger partial charge in [0.15, 0.2) is 0 Å². The number of hydrogen-bond acceptors (Lipinski definition) is 1. The summed E-state index contributed by atoms with van der Waals surface area (Å²) in [5.74, 6) is 2.66. The molecule has 1 heteroatoms. The average Bonchev–Trinajstić information content (AvgIpc) is 2.07. The van der Waals surface area contributed by atoms with Crippen molar-refractivity contribution in [3.63, 3.8) is 0 Å². The largest absolute Gasteiger partial charge is 0.396 e. The molecule has 1 unspecified atom stereocenters. The summed E-state index contributed by atoms with van der Waals surface area (Å²) >= 11 is 0. The van der Waals surface area contributed by atoms with E-state index in [9.17, 15) is 0 Å². The molecular weight excluding hydrogens is 88.1 g/mol. The molecule has 1 nitrogen and oxygen atoms in total. The zero-order chi connectivity index (χ0) is 4.85. The maximum Gasteiger partial charge on any atom is 0.0464 e. The molecule has 0 aromatic rings. The summed E-state index contributed by atoms with van der Waals surface area (Å²) in [6.07, 6.45) is 2.80. The van der Waals surface area contributed by atoms with Crippen LogP contribution in [0.25, 0.3) is 0 Å². The Morgan fingerprint density at radius 3 is 2.00 bits per heavy atom. The molecule has 0 radical (unpaired) electrons. The number of hydrogen-bond donors (Lipinski definition) is 1. The van der Waals surface area contributed by atoms with Crippen LogP contribution in [0.5, 0.6) is 0 Å². The van der Waals surface area contributed by atoms with E-state index in [1.165, 1.54) is 12.8 Å². The zero-order valence-electron chi connectivity index (χ0n) is 4.30. The van der Waals surface area contributed by atoms with Crippen LogP contribution >= 0.6 is 0 Å². The van der Waals surface area contributed by atoms with Gasteiger partial charge in [0.1, 0.15) is 0 Å². The molecule has 0 amide bonds. The molecule has 0 heterocycles. The van der Waals surface area contributed by atoms with Crippen molar-refractivity contribution in [3.05, 3.63) is 0 Å². The molecule has 3 atom stereocenters. The minimum Gasteiger partial charge on any atom is -0.396 e. The third-order valence-electron chi connectivity index (χ3n) is 2.55. The van der Waals surface area contributed by atoms with Crippen LogP contribution in [-0.4, -0.2) is 11.7 Å². The molecule has 2 aliphatic carbocycles. The number of aliphatic hydroxyl groups is 1. The lowest BCUT2D eigenvalue weighted by Crippen LogP contribution is -1.93. The number of aliphatic hydroxyl groups excluding tert-OH is 1. The zero-order valence-corrected chi connectivity index (χ0v) is 4.30. The summed E-state index contributed by atoms with van der Waals surface area (Å²) in [4.78, 5) is 0. The van der Waals surface area contributed by atoms with E-state index in [-0.39, 0.29) is 0 Å². The van der Waals surface area contributed by atoms with Crippen LogP contribution in [0.3, 0.4) is 0 Å². The molecule has 2 aliphatic rings. The van der Waals surface area contributed by atoms with Crippen molar-refractivity contribution in [2.24, 2.45) is 17.8 Å². The predicted molar refractivity (Wildman–Crippen MR) is 26.8 cm³/mol. The first-order valence-corrected chi connectivity index (χ1v) is 3.04. The fourth-order valence-corrected chi connectivity index (χ4v) is 1.77. The third-order valence-corrected chi connectivity index (χ3v) is 2.55. The highest BCUT2D eigenvalue weighted by Crippen LogP contribution is 2.60. The van der Waals surface area contributed by atoms with Crippen molar-refractivity contribution in [1.82, 2.24) is 0 Å². The molecule has 40 valence electrons. The SMILES string of the molecule is OCC1[C@H]2CC[C@@H]12. The highest BCUT2D eigenvalue weighted by Gasteiger charge is 2.55. The van der Waals surface area contributed by atoms with Gasteiger partial charge in [-0.1, -0.05) is 0 Å². The first-order chi connectivity index (χ1) is 3.43. The van der Waals surface area contributed by atoms with Gasteiger partial charge in [0.25, 0.3) is 0 Å². The monoisotopic (exact) mass is 98.1 g/mol. The Morgan fingerprint density at radius 1 is 1.29 bits per heavy atom. The summed E-state index contributed by atoms with van der Waals surface area (Å²) in [6, 6.07) is 0.